The van der Waals surface area contributed by atoms with E-state index in [1.165, 1.54) is 0 Å². The van der Waals surface area contributed by atoms with Gasteiger partial charge in [0.25, 0.3) is 0 Å². The number of carbonyl (C=O) groups is 1. The molecular formula is C17H19ClN4O. The molecule has 0 aliphatic carbocycles. The number of amides is 1. The molecule has 5 nitrogen and oxygen atoms in total. The van der Waals surface area contributed by atoms with Crippen LogP contribution in [0.1, 0.15) is 24.5 Å². The van der Waals surface area contributed by atoms with Gasteiger partial charge in [-0.3, -0.25) is 14.7 Å². The number of primary amides is 1. The normalized spacial score (nSPS) is 18.7. The summed E-state index contributed by atoms with van der Waals surface area (Å²) < 4.78 is 0. The minimum atomic E-state index is -0.288. The van der Waals surface area contributed by atoms with Crippen LogP contribution in [0.4, 0.5) is 0 Å². The van der Waals surface area contributed by atoms with Crippen molar-refractivity contribution in [1.82, 2.24) is 14.9 Å². The molecule has 1 aliphatic rings. The van der Waals surface area contributed by atoms with Gasteiger partial charge in [-0.15, -0.1) is 0 Å². The Hall–Kier alpha value is -1.98. The fraction of sp³-hybridized carbons (Fsp3) is 0.353. The van der Waals surface area contributed by atoms with Crippen LogP contribution in [0.3, 0.4) is 0 Å². The molecule has 2 aromatic rings. The number of nitrogens with zero attached hydrogens (tertiary/aromatic N) is 3. The monoisotopic (exact) mass is 330 g/mol. The van der Waals surface area contributed by atoms with Gasteiger partial charge in [-0.05, 0) is 31.5 Å². The molecule has 1 aromatic carbocycles. The lowest BCUT2D eigenvalue weighted by atomic mass is 9.95. The number of benzene rings is 1. The fourth-order valence-electron chi connectivity index (χ4n) is 3.03. The van der Waals surface area contributed by atoms with E-state index in [9.17, 15) is 4.79 Å². The Labute approximate surface area is 140 Å². The van der Waals surface area contributed by atoms with Crippen molar-refractivity contribution in [3.8, 4) is 11.3 Å². The van der Waals surface area contributed by atoms with E-state index in [0.717, 1.165) is 42.9 Å². The highest BCUT2D eigenvalue weighted by atomic mass is 35.5. The highest BCUT2D eigenvalue weighted by molar-refractivity contribution is 6.30. The molecule has 2 N–H and O–H groups in total. The standard InChI is InChI=1S/C17H19ClN4O/c18-14-5-1-3-12(7-14)15-8-20-9-16(21-15)13-4-2-6-22(10-13)11-17(19)23/h1,3,5,7-9,13H,2,4,6,10-11H2,(H2,19,23). The van der Waals surface area contributed by atoms with Gasteiger partial charge in [0.05, 0.1) is 24.1 Å². The summed E-state index contributed by atoms with van der Waals surface area (Å²) in [4.78, 5) is 22.3. The summed E-state index contributed by atoms with van der Waals surface area (Å²) >= 11 is 6.05. The number of rotatable bonds is 4. The predicted octanol–water partition coefficient (Wildman–Crippen LogP) is 2.46. The number of aromatic nitrogens is 2. The minimum absolute atomic E-state index is 0.273. The molecule has 1 atom stereocenters. The number of hydrogen-bond acceptors (Lipinski definition) is 4. The van der Waals surface area contributed by atoms with Crippen LogP contribution >= 0.6 is 11.6 Å². The van der Waals surface area contributed by atoms with Crippen molar-refractivity contribution in [1.29, 1.82) is 0 Å². The Kier molecular flexibility index (Phi) is 4.88. The van der Waals surface area contributed by atoms with E-state index in [2.05, 4.69) is 9.88 Å². The molecule has 1 aliphatic heterocycles. The van der Waals surface area contributed by atoms with Crippen molar-refractivity contribution in [2.45, 2.75) is 18.8 Å². The van der Waals surface area contributed by atoms with Gasteiger partial charge in [0.2, 0.25) is 5.91 Å². The lowest BCUT2D eigenvalue weighted by molar-refractivity contribution is -0.119. The zero-order valence-electron chi connectivity index (χ0n) is 12.8. The summed E-state index contributed by atoms with van der Waals surface area (Å²) in [6, 6.07) is 7.60. The molecule has 1 fully saturated rings. The van der Waals surface area contributed by atoms with Crippen molar-refractivity contribution < 1.29 is 4.79 Å². The summed E-state index contributed by atoms with van der Waals surface area (Å²) in [5.41, 5.74) is 8.03. The Morgan fingerprint density at radius 2 is 2.26 bits per heavy atom. The van der Waals surface area contributed by atoms with Gasteiger partial charge in [-0.25, -0.2) is 4.98 Å². The largest absolute Gasteiger partial charge is 0.369 e. The third kappa shape index (κ3) is 4.06. The summed E-state index contributed by atoms with van der Waals surface area (Å²) in [6.45, 7) is 2.00. The van der Waals surface area contributed by atoms with Gasteiger partial charge < -0.3 is 5.73 Å². The third-order valence-corrected chi connectivity index (χ3v) is 4.31. The molecule has 0 radical (unpaired) electrons. The molecule has 0 bridgehead atoms. The molecule has 0 spiro atoms. The summed E-state index contributed by atoms with van der Waals surface area (Å²) in [7, 11) is 0. The van der Waals surface area contributed by atoms with E-state index in [4.69, 9.17) is 22.3 Å². The number of hydrogen-bond donors (Lipinski definition) is 1. The van der Waals surface area contributed by atoms with Crippen LogP contribution < -0.4 is 5.73 Å². The maximum Gasteiger partial charge on any atom is 0.231 e. The lowest BCUT2D eigenvalue weighted by Crippen LogP contribution is -2.40. The molecule has 120 valence electrons. The number of nitrogens with two attached hydrogens (primary N) is 1. The number of carbonyl (C=O) groups excluding carboxylic acids is 1. The average Bonchev–Trinajstić information content (AvgIpc) is 2.55. The highest BCUT2D eigenvalue weighted by Crippen LogP contribution is 2.27. The lowest BCUT2D eigenvalue weighted by Gasteiger charge is -2.31. The third-order valence-electron chi connectivity index (χ3n) is 4.08. The maximum atomic E-state index is 11.1. The van der Waals surface area contributed by atoms with Gasteiger partial charge in [-0.1, -0.05) is 23.7 Å². The van der Waals surface area contributed by atoms with Gasteiger partial charge >= 0.3 is 0 Å². The van der Waals surface area contributed by atoms with Crippen LogP contribution in [0.15, 0.2) is 36.7 Å². The summed E-state index contributed by atoms with van der Waals surface area (Å²) in [5, 5.41) is 0.681. The first kappa shape index (κ1) is 15.9. The van der Waals surface area contributed by atoms with Gasteiger partial charge in [0.1, 0.15) is 0 Å². The van der Waals surface area contributed by atoms with Gasteiger partial charge in [0.15, 0.2) is 0 Å². The van der Waals surface area contributed by atoms with Gasteiger partial charge in [0, 0.05) is 29.2 Å². The zero-order valence-corrected chi connectivity index (χ0v) is 13.5. The highest BCUT2D eigenvalue weighted by Gasteiger charge is 2.23. The van der Waals surface area contributed by atoms with Crippen molar-refractivity contribution >= 4 is 17.5 Å². The van der Waals surface area contributed by atoms with Crippen molar-refractivity contribution in [2.24, 2.45) is 5.73 Å². The summed E-state index contributed by atoms with van der Waals surface area (Å²) in [5.74, 6) is -0.0147. The van der Waals surface area contributed by atoms with Crippen LogP contribution in [0.2, 0.25) is 5.02 Å². The van der Waals surface area contributed by atoms with Crippen LogP contribution in [-0.4, -0.2) is 40.4 Å². The molecule has 23 heavy (non-hydrogen) atoms. The van der Waals surface area contributed by atoms with Crippen molar-refractivity contribution in [3.63, 3.8) is 0 Å². The Bertz CT molecular complexity index is 706. The van der Waals surface area contributed by atoms with Crippen molar-refractivity contribution in [2.75, 3.05) is 19.6 Å². The molecule has 1 amide bonds. The number of piperidine rings is 1. The van der Waals surface area contributed by atoms with E-state index in [1.54, 1.807) is 6.20 Å². The van der Waals surface area contributed by atoms with E-state index >= 15 is 0 Å². The van der Waals surface area contributed by atoms with E-state index in [-0.39, 0.29) is 11.8 Å². The molecular weight excluding hydrogens is 312 g/mol. The topological polar surface area (TPSA) is 72.1 Å². The first-order valence-electron chi connectivity index (χ1n) is 7.70. The van der Waals surface area contributed by atoms with E-state index in [1.807, 2.05) is 30.5 Å². The second-order valence-electron chi connectivity index (χ2n) is 5.88. The molecule has 6 heteroatoms. The van der Waals surface area contributed by atoms with E-state index < -0.39 is 0 Å². The predicted molar refractivity (Wildman–Crippen MR) is 90.1 cm³/mol. The molecule has 1 aromatic heterocycles. The molecule has 0 saturated carbocycles. The Morgan fingerprint density at radius 3 is 3.04 bits per heavy atom. The first-order chi connectivity index (χ1) is 11.1. The summed E-state index contributed by atoms with van der Waals surface area (Å²) in [6.07, 6.45) is 5.63. The Morgan fingerprint density at radius 1 is 1.39 bits per heavy atom. The quantitative estimate of drug-likeness (QED) is 0.934. The van der Waals surface area contributed by atoms with Crippen LogP contribution in [-0.2, 0) is 4.79 Å². The van der Waals surface area contributed by atoms with Crippen LogP contribution in [0.5, 0.6) is 0 Å². The SMILES string of the molecule is NC(=O)CN1CCCC(c2cncc(-c3cccc(Cl)c3)n2)C1. The smallest absolute Gasteiger partial charge is 0.231 e. The van der Waals surface area contributed by atoms with Crippen molar-refractivity contribution in [3.05, 3.63) is 47.4 Å². The first-order valence-corrected chi connectivity index (χ1v) is 8.08. The van der Waals surface area contributed by atoms with Gasteiger partial charge in [-0.2, -0.15) is 0 Å². The second kappa shape index (κ2) is 7.06. The van der Waals surface area contributed by atoms with Crippen LogP contribution in [0, 0.1) is 0 Å². The number of halogens is 1. The number of likely N-dealkylation sites (tertiary alicyclic amines) is 1. The molecule has 3 rings (SSSR count). The second-order valence-corrected chi connectivity index (χ2v) is 6.32. The molecule has 1 saturated heterocycles. The molecule has 1 unspecified atom stereocenters. The van der Waals surface area contributed by atoms with Crippen LogP contribution in [0.25, 0.3) is 11.3 Å². The maximum absolute atomic E-state index is 11.1. The average molecular weight is 331 g/mol. The Balaban J connectivity index is 1.80. The van der Waals surface area contributed by atoms with E-state index in [0.29, 0.717) is 11.6 Å². The minimum Gasteiger partial charge on any atom is -0.369 e. The zero-order chi connectivity index (χ0) is 16.2. The fourth-order valence-corrected chi connectivity index (χ4v) is 3.22. The molecule has 2 heterocycles.